The molecule has 0 bridgehead atoms. The Labute approximate surface area is 208 Å². The van der Waals surface area contributed by atoms with Crippen LogP contribution in [0.5, 0.6) is 0 Å². The van der Waals surface area contributed by atoms with E-state index in [0.717, 1.165) is 29.0 Å². The molecule has 1 atom stereocenters. The lowest BCUT2D eigenvalue weighted by atomic mass is 10.0. The average Bonchev–Trinajstić information content (AvgIpc) is 2.81. The van der Waals surface area contributed by atoms with Crippen molar-refractivity contribution in [3.63, 3.8) is 0 Å². The van der Waals surface area contributed by atoms with Crippen molar-refractivity contribution in [3.05, 3.63) is 65.5 Å². The highest BCUT2D eigenvalue weighted by Gasteiger charge is 2.30. The van der Waals surface area contributed by atoms with Crippen molar-refractivity contribution in [1.29, 1.82) is 0 Å². The first-order valence-corrected chi connectivity index (χ1v) is 13.7. The van der Waals surface area contributed by atoms with E-state index in [-0.39, 0.29) is 18.4 Å². The van der Waals surface area contributed by atoms with Gasteiger partial charge in [0.15, 0.2) is 0 Å². The number of halogens is 1. The Morgan fingerprint density at radius 1 is 1.00 bits per heavy atom. The highest BCUT2D eigenvalue weighted by Crippen LogP contribution is 2.23. The molecule has 0 aliphatic heterocycles. The maximum Gasteiger partial charge on any atom is 0.244 e. The monoisotopic (exact) mass is 505 g/mol. The molecule has 35 heavy (non-hydrogen) atoms. The normalized spacial score (nSPS) is 12.3. The van der Waals surface area contributed by atoms with E-state index in [0.29, 0.717) is 17.8 Å². The van der Waals surface area contributed by atoms with E-state index in [2.05, 4.69) is 5.32 Å². The number of hydrogen-bond donors (Lipinski definition) is 1. The first kappa shape index (κ1) is 28.3. The summed E-state index contributed by atoms with van der Waals surface area (Å²) >= 11 is 0. The molecule has 0 heterocycles. The van der Waals surface area contributed by atoms with Crippen molar-refractivity contribution in [3.8, 4) is 0 Å². The molecule has 0 spiro atoms. The number of carbonyl (C=O) groups is 2. The van der Waals surface area contributed by atoms with E-state index in [4.69, 9.17) is 0 Å². The van der Waals surface area contributed by atoms with Crippen molar-refractivity contribution >= 4 is 27.5 Å². The number of hydrogen-bond acceptors (Lipinski definition) is 4. The molecule has 2 aromatic carbocycles. The van der Waals surface area contributed by atoms with Gasteiger partial charge in [0.1, 0.15) is 18.4 Å². The maximum absolute atomic E-state index is 13.5. The number of sulfonamides is 1. The number of anilines is 1. The van der Waals surface area contributed by atoms with Gasteiger partial charge in [-0.15, -0.1) is 0 Å². The summed E-state index contributed by atoms with van der Waals surface area (Å²) in [5, 5.41) is 2.82. The van der Waals surface area contributed by atoms with Crippen LogP contribution in [0.4, 0.5) is 10.1 Å². The first-order valence-electron chi connectivity index (χ1n) is 11.8. The van der Waals surface area contributed by atoms with E-state index < -0.39 is 34.3 Å². The van der Waals surface area contributed by atoms with Crippen molar-refractivity contribution in [2.75, 3.05) is 23.7 Å². The average molecular weight is 506 g/mol. The molecule has 0 unspecified atom stereocenters. The molecule has 0 saturated heterocycles. The lowest BCUT2D eigenvalue weighted by Gasteiger charge is -2.31. The van der Waals surface area contributed by atoms with Gasteiger partial charge in [-0.1, -0.05) is 51.5 Å². The zero-order valence-electron chi connectivity index (χ0n) is 21.1. The van der Waals surface area contributed by atoms with Crippen LogP contribution in [0.1, 0.15) is 57.6 Å². The number of nitrogens with zero attached hydrogens (tertiary/aromatic N) is 2. The van der Waals surface area contributed by atoms with Crippen molar-refractivity contribution in [2.45, 2.75) is 59.0 Å². The van der Waals surface area contributed by atoms with Gasteiger partial charge in [-0.3, -0.25) is 13.9 Å². The molecule has 0 aromatic heterocycles. The summed E-state index contributed by atoms with van der Waals surface area (Å²) in [6.07, 6.45) is 2.76. The molecule has 2 amide bonds. The topological polar surface area (TPSA) is 86.8 Å². The van der Waals surface area contributed by atoms with Gasteiger partial charge in [0.25, 0.3) is 0 Å². The Bertz CT molecular complexity index is 1090. The standard InChI is InChI=1S/C26H36FN3O4S/c1-6-7-16-28-26(32)20(4)29(17-21-8-12-23(27)13-9-21)25(31)18-30(35(5,33)34)24-14-10-22(11-15-24)19(2)3/h8-15,19-20H,6-7,16-18H2,1-5H3,(H,28,32)/t20-/m0/s1. The Balaban J connectivity index is 2.34. The van der Waals surface area contributed by atoms with E-state index >= 15 is 0 Å². The number of unbranched alkanes of at least 4 members (excludes halogenated alkanes) is 1. The highest BCUT2D eigenvalue weighted by molar-refractivity contribution is 7.92. The molecule has 9 heteroatoms. The molecule has 7 nitrogen and oxygen atoms in total. The first-order chi connectivity index (χ1) is 16.4. The molecule has 0 fully saturated rings. The van der Waals surface area contributed by atoms with Crippen LogP contribution >= 0.6 is 0 Å². The van der Waals surface area contributed by atoms with Crippen LogP contribution in [0.15, 0.2) is 48.5 Å². The molecule has 0 radical (unpaired) electrons. The molecule has 0 aliphatic carbocycles. The van der Waals surface area contributed by atoms with Gasteiger partial charge in [-0.25, -0.2) is 12.8 Å². The number of amides is 2. The van der Waals surface area contributed by atoms with Crippen LogP contribution in [-0.2, 0) is 26.2 Å². The Hall–Kier alpha value is -2.94. The summed E-state index contributed by atoms with van der Waals surface area (Å²) < 4.78 is 39.7. The maximum atomic E-state index is 13.5. The second kappa shape index (κ2) is 12.7. The minimum Gasteiger partial charge on any atom is -0.354 e. The van der Waals surface area contributed by atoms with Gasteiger partial charge >= 0.3 is 0 Å². The van der Waals surface area contributed by atoms with Gasteiger partial charge in [0.05, 0.1) is 11.9 Å². The highest BCUT2D eigenvalue weighted by atomic mass is 32.2. The van der Waals surface area contributed by atoms with Crippen LogP contribution in [0, 0.1) is 5.82 Å². The van der Waals surface area contributed by atoms with Crippen LogP contribution in [-0.4, -0.2) is 50.5 Å². The SMILES string of the molecule is CCCCNC(=O)[C@H](C)N(Cc1ccc(F)cc1)C(=O)CN(c1ccc(C(C)C)cc1)S(C)(=O)=O. The summed E-state index contributed by atoms with van der Waals surface area (Å²) in [7, 11) is -3.79. The minimum atomic E-state index is -3.79. The Morgan fingerprint density at radius 3 is 2.11 bits per heavy atom. The van der Waals surface area contributed by atoms with Gasteiger partial charge in [0.2, 0.25) is 21.8 Å². The smallest absolute Gasteiger partial charge is 0.244 e. The lowest BCUT2D eigenvalue weighted by molar-refractivity contribution is -0.139. The molecule has 0 saturated carbocycles. The summed E-state index contributed by atoms with van der Waals surface area (Å²) in [5.74, 6) is -1.01. The predicted molar refractivity (Wildman–Crippen MR) is 137 cm³/mol. The van der Waals surface area contributed by atoms with Gasteiger partial charge < -0.3 is 10.2 Å². The Morgan fingerprint density at radius 2 is 1.60 bits per heavy atom. The number of carbonyl (C=O) groups excluding carboxylic acids is 2. The fourth-order valence-electron chi connectivity index (χ4n) is 3.54. The molecular formula is C26H36FN3O4S. The van der Waals surface area contributed by atoms with Crippen LogP contribution in [0.25, 0.3) is 0 Å². The quantitative estimate of drug-likeness (QED) is 0.441. The third-order valence-electron chi connectivity index (χ3n) is 5.79. The second-order valence-electron chi connectivity index (χ2n) is 8.98. The zero-order chi connectivity index (χ0) is 26.2. The van der Waals surface area contributed by atoms with E-state index in [1.165, 1.54) is 29.2 Å². The van der Waals surface area contributed by atoms with Gasteiger partial charge in [-0.05, 0) is 54.7 Å². The minimum absolute atomic E-state index is 0.0331. The van der Waals surface area contributed by atoms with E-state index in [9.17, 15) is 22.4 Å². The summed E-state index contributed by atoms with van der Waals surface area (Å²) in [5.41, 5.74) is 2.04. The molecule has 1 N–H and O–H groups in total. The summed E-state index contributed by atoms with van der Waals surface area (Å²) in [6.45, 7) is 7.73. The summed E-state index contributed by atoms with van der Waals surface area (Å²) in [4.78, 5) is 27.6. The predicted octanol–water partition coefficient (Wildman–Crippen LogP) is 4.05. The lowest BCUT2D eigenvalue weighted by Crippen LogP contribution is -2.51. The second-order valence-corrected chi connectivity index (χ2v) is 10.9. The fraction of sp³-hybridized carbons (Fsp3) is 0.462. The van der Waals surface area contributed by atoms with Gasteiger partial charge in [-0.2, -0.15) is 0 Å². The molecule has 192 valence electrons. The molecule has 2 rings (SSSR count). The largest absolute Gasteiger partial charge is 0.354 e. The fourth-order valence-corrected chi connectivity index (χ4v) is 4.39. The van der Waals surface area contributed by atoms with E-state index in [1.807, 2.05) is 32.9 Å². The van der Waals surface area contributed by atoms with Crippen molar-refractivity contribution < 1.29 is 22.4 Å². The van der Waals surface area contributed by atoms with Crippen LogP contribution in [0.2, 0.25) is 0 Å². The molecule has 0 aliphatic rings. The number of benzene rings is 2. The van der Waals surface area contributed by atoms with Crippen LogP contribution < -0.4 is 9.62 Å². The summed E-state index contributed by atoms with van der Waals surface area (Å²) in [6, 6.07) is 11.8. The van der Waals surface area contributed by atoms with Gasteiger partial charge in [0, 0.05) is 13.1 Å². The molecule has 2 aromatic rings. The Kier molecular flexibility index (Phi) is 10.2. The van der Waals surface area contributed by atoms with Crippen molar-refractivity contribution in [1.82, 2.24) is 10.2 Å². The van der Waals surface area contributed by atoms with E-state index in [1.54, 1.807) is 19.1 Å². The third kappa shape index (κ3) is 8.35. The molecular weight excluding hydrogens is 469 g/mol. The zero-order valence-corrected chi connectivity index (χ0v) is 21.9. The number of rotatable bonds is 12. The number of nitrogens with one attached hydrogen (secondary N) is 1. The van der Waals surface area contributed by atoms with Crippen molar-refractivity contribution in [2.24, 2.45) is 0 Å². The van der Waals surface area contributed by atoms with Crippen LogP contribution in [0.3, 0.4) is 0 Å². The third-order valence-corrected chi connectivity index (χ3v) is 6.93.